The van der Waals surface area contributed by atoms with Gasteiger partial charge in [-0.2, -0.15) is 0 Å². The normalized spacial score (nSPS) is 27.7. The molecule has 1 atom stereocenters. The van der Waals surface area contributed by atoms with Gasteiger partial charge in [-0.1, -0.05) is 19.4 Å². The molecular formula is C12H18BIO2S. The zero-order valence-corrected chi connectivity index (χ0v) is 13.7. The van der Waals surface area contributed by atoms with Crippen LogP contribution >= 0.6 is 33.9 Å². The van der Waals surface area contributed by atoms with Crippen LogP contribution in [-0.2, 0) is 15.7 Å². The molecule has 5 heteroatoms. The quantitative estimate of drug-likeness (QED) is 0.465. The number of alkyl halides is 1. The van der Waals surface area contributed by atoms with Gasteiger partial charge in [-0.3, -0.25) is 0 Å². The SMILES string of the molecule is CCCc1ccc(B2OC(C)(C)C(C)(I)O2)s1. The van der Waals surface area contributed by atoms with Gasteiger partial charge in [-0.25, -0.2) is 0 Å². The molecule has 1 aromatic rings. The molecule has 0 spiro atoms. The lowest BCUT2D eigenvalue weighted by Gasteiger charge is -2.30. The summed E-state index contributed by atoms with van der Waals surface area (Å²) in [5, 5.41) is 0. The second kappa shape index (κ2) is 4.83. The molecule has 0 N–H and O–H groups in total. The second-order valence-electron chi connectivity index (χ2n) is 5.05. The molecule has 1 aliphatic heterocycles. The van der Waals surface area contributed by atoms with Crippen LogP contribution in [0.25, 0.3) is 0 Å². The minimum absolute atomic E-state index is 0.206. The minimum Gasteiger partial charge on any atom is -0.398 e. The van der Waals surface area contributed by atoms with Crippen molar-refractivity contribution in [2.75, 3.05) is 0 Å². The maximum absolute atomic E-state index is 6.02. The molecule has 0 aliphatic carbocycles. The van der Waals surface area contributed by atoms with E-state index in [2.05, 4.69) is 62.4 Å². The standard InChI is InChI=1S/C12H18BIO2S/c1-5-6-9-7-8-10(17-9)13-15-11(2,3)12(4,14)16-13/h7-8H,5-6H2,1-4H3. The lowest BCUT2D eigenvalue weighted by Crippen LogP contribution is -2.38. The molecule has 0 saturated carbocycles. The van der Waals surface area contributed by atoms with Gasteiger partial charge in [-0.15, -0.1) is 11.3 Å². The highest BCUT2D eigenvalue weighted by molar-refractivity contribution is 14.1. The third-order valence-corrected chi connectivity index (χ3v) is 5.94. The summed E-state index contributed by atoms with van der Waals surface area (Å²) < 4.78 is 12.9. The van der Waals surface area contributed by atoms with E-state index in [1.54, 1.807) is 11.3 Å². The van der Waals surface area contributed by atoms with Gasteiger partial charge in [0.25, 0.3) is 0 Å². The summed E-state index contributed by atoms with van der Waals surface area (Å²) in [4.78, 5) is 1.41. The highest BCUT2D eigenvalue weighted by atomic mass is 127. The van der Waals surface area contributed by atoms with Crippen molar-refractivity contribution >= 4 is 45.8 Å². The highest BCUT2D eigenvalue weighted by Gasteiger charge is 2.53. The number of halogens is 1. The lowest BCUT2D eigenvalue weighted by molar-refractivity contribution is 0.0726. The van der Waals surface area contributed by atoms with E-state index in [0.717, 1.165) is 6.42 Å². The summed E-state index contributed by atoms with van der Waals surface area (Å²) in [7, 11) is -0.206. The van der Waals surface area contributed by atoms with Gasteiger partial charge in [0, 0.05) is 9.65 Å². The Labute approximate surface area is 121 Å². The van der Waals surface area contributed by atoms with Gasteiger partial charge in [0.05, 0.1) is 5.60 Å². The molecule has 1 fully saturated rings. The Hall–Kier alpha value is 0.415. The average Bonchev–Trinajstić information content (AvgIpc) is 2.71. The maximum atomic E-state index is 6.02. The molecule has 0 radical (unpaired) electrons. The Balaban J connectivity index is 2.14. The Morgan fingerprint density at radius 1 is 1.29 bits per heavy atom. The molecule has 2 rings (SSSR count). The summed E-state index contributed by atoms with van der Waals surface area (Å²) in [5.41, 5.74) is -0.257. The van der Waals surface area contributed by atoms with Gasteiger partial charge in [0.2, 0.25) is 0 Å². The van der Waals surface area contributed by atoms with E-state index >= 15 is 0 Å². The number of thiophene rings is 1. The summed E-state index contributed by atoms with van der Waals surface area (Å²) in [5.74, 6) is 0. The second-order valence-corrected chi connectivity index (χ2v) is 8.31. The molecule has 94 valence electrons. The van der Waals surface area contributed by atoms with Crippen LogP contribution < -0.4 is 4.78 Å². The molecule has 1 unspecified atom stereocenters. The van der Waals surface area contributed by atoms with Gasteiger partial charge >= 0.3 is 7.12 Å². The van der Waals surface area contributed by atoms with E-state index in [4.69, 9.17) is 9.31 Å². The van der Waals surface area contributed by atoms with Gasteiger partial charge in [0.1, 0.15) is 3.61 Å². The van der Waals surface area contributed by atoms with E-state index < -0.39 is 0 Å². The molecule has 1 saturated heterocycles. The van der Waals surface area contributed by atoms with Crippen LogP contribution in [0, 0.1) is 0 Å². The zero-order valence-electron chi connectivity index (χ0n) is 10.7. The zero-order chi connectivity index (χ0) is 12.7. The van der Waals surface area contributed by atoms with Crippen molar-refractivity contribution in [3.8, 4) is 0 Å². The van der Waals surface area contributed by atoms with Gasteiger partial charge in [0.15, 0.2) is 0 Å². The largest absolute Gasteiger partial charge is 0.506 e. The number of hydrogen-bond donors (Lipinski definition) is 0. The van der Waals surface area contributed by atoms with E-state index in [9.17, 15) is 0 Å². The number of aryl methyl sites for hydroxylation is 1. The molecular weight excluding hydrogens is 346 g/mol. The fourth-order valence-electron chi connectivity index (χ4n) is 1.76. The molecule has 0 aromatic carbocycles. The topological polar surface area (TPSA) is 18.5 Å². The Morgan fingerprint density at radius 2 is 2.00 bits per heavy atom. The van der Waals surface area contributed by atoms with Crippen LogP contribution in [0.4, 0.5) is 0 Å². The van der Waals surface area contributed by atoms with E-state index in [-0.39, 0.29) is 16.3 Å². The van der Waals surface area contributed by atoms with E-state index in [1.165, 1.54) is 16.1 Å². The van der Waals surface area contributed by atoms with Crippen molar-refractivity contribution in [1.82, 2.24) is 0 Å². The predicted molar refractivity (Wildman–Crippen MR) is 82.4 cm³/mol. The van der Waals surface area contributed by atoms with Crippen LogP contribution in [0.3, 0.4) is 0 Å². The molecule has 2 heterocycles. The van der Waals surface area contributed by atoms with Crippen molar-refractivity contribution in [1.29, 1.82) is 0 Å². The van der Waals surface area contributed by atoms with Crippen molar-refractivity contribution in [2.45, 2.75) is 49.7 Å². The Bertz CT molecular complexity index is 387. The molecule has 2 nitrogen and oxygen atoms in total. The van der Waals surface area contributed by atoms with Crippen LogP contribution in [0.2, 0.25) is 0 Å². The average molecular weight is 364 g/mol. The third-order valence-electron chi connectivity index (χ3n) is 3.22. The molecule has 1 aliphatic rings. The fourth-order valence-corrected chi connectivity index (χ4v) is 3.19. The number of hydrogen-bond acceptors (Lipinski definition) is 3. The minimum atomic E-state index is -0.273. The summed E-state index contributed by atoms with van der Waals surface area (Å²) in [6.07, 6.45) is 2.32. The first-order valence-electron chi connectivity index (χ1n) is 5.99. The van der Waals surface area contributed by atoms with Crippen LogP contribution in [0.15, 0.2) is 12.1 Å². The van der Waals surface area contributed by atoms with Crippen molar-refractivity contribution in [2.24, 2.45) is 0 Å². The maximum Gasteiger partial charge on any atom is 0.506 e. The molecule has 0 amide bonds. The first kappa shape index (κ1) is 13.8. The first-order valence-corrected chi connectivity index (χ1v) is 7.88. The Kier molecular flexibility index (Phi) is 3.93. The highest BCUT2D eigenvalue weighted by Crippen LogP contribution is 2.42. The van der Waals surface area contributed by atoms with Gasteiger partial charge < -0.3 is 9.31 Å². The van der Waals surface area contributed by atoms with Crippen LogP contribution in [0.5, 0.6) is 0 Å². The number of rotatable bonds is 3. The predicted octanol–water partition coefficient (Wildman–Crippen LogP) is 3.37. The summed E-state index contributed by atoms with van der Waals surface area (Å²) in [6, 6.07) is 4.32. The molecule has 17 heavy (non-hydrogen) atoms. The monoisotopic (exact) mass is 364 g/mol. The van der Waals surface area contributed by atoms with Crippen molar-refractivity contribution < 1.29 is 9.31 Å². The third kappa shape index (κ3) is 2.72. The summed E-state index contributed by atoms with van der Waals surface area (Å²) >= 11 is 4.13. The molecule has 0 bridgehead atoms. The summed E-state index contributed by atoms with van der Waals surface area (Å²) in [6.45, 7) is 8.45. The smallest absolute Gasteiger partial charge is 0.398 e. The van der Waals surface area contributed by atoms with Gasteiger partial charge in [-0.05, 0) is 55.8 Å². The van der Waals surface area contributed by atoms with E-state index in [1.807, 2.05) is 0 Å². The lowest BCUT2D eigenvalue weighted by atomic mass is 9.88. The van der Waals surface area contributed by atoms with Crippen LogP contribution in [-0.4, -0.2) is 16.3 Å². The van der Waals surface area contributed by atoms with E-state index in [0.29, 0.717) is 0 Å². The van der Waals surface area contributed by atoms with Crippen LogP contribution in [0.1, 0.15) is 39.0 Å². The van der Waals surface area contributed by atoms with Crippen molar-refractivity contribution in [3.63, 3.8) is 0 Å². The fraction of sp³-hybridized carbons (Fsp3) is 0.667. The molecule has 1 aromatic heterocycles. The first-order chi connectivity index (χ1) is 7.86. The van der Waals surface area contributed by atoms with Crippen molar-refractivity contribution in [3.05, 3.63) is 17.0 Å². The Morgan fingerprint density at radius 3 is 2.53 bits per heavy atom.